The summed E-state index contributed by atoms with van der Waals surface area (Å²) in [5, 5.41) is 3.98. The molecule has 1 fully saturated rings. The summed E-state index contributed by atoms with van der Waals surface area (Å²) < 4.78 is 18.4. The first-order valence-corrected chi connectivity index (χ1v) is 14.1. The van der Waals surface area contributed by atoms with Crippen molar-refractivity contribution >= 4 is 57.1 Å². The number of fused-ring (bicyclic) bond motifs is 3. The van der Waals surface area contributed by atoms with Crippen LogP contribution in [0.5, 0.6) is 0 Å². The largest absolute Gasteiger partial charge is 0.369 e. The van der Waals surface area contributed by atoms with Crippen LogP contribution in [-0.4, -0.2) is 62.3 Å². The quantitative estimate of drug-likeness (QED) is 0.277. The maximum absolute atomic E-state index is 15.4. The monoisotopic (exact) mass is 594 g/mol. The molecule has 9 nitrogen and oxygen atoms in total. The smallest absolute Gasteiger partial charge is 0.281 e. The summed E-state index contributed by atoms with van der Waals surface area (Å²) in [5.74, 6) is -0.0892. The Bertz CT molecular complexity index is 1820. The van der Waals surface area contributed by atoms with E-state index in [2.05, 4.69) is 44.2 Å². The van der Waals surface area contributed by atoms with Gasteiger partial charge in [0.1, 0.15) is 17.0 Å². The number of anilines is 3. The lowest BCUT2D eigenvalue weighted by molar-refractivity contribution is 0.249. The Morgan fingerprint density at radius 3 is 2.41 bits per heavy atom. The molecule has 12 heteroatoms. The first kappa shape index (κ1) is 27.4. The topological polar surface area (TPSA) is 83.6 Å². The normalized spacial score (nSPS) is 14.5. The van der Waals surface area contributed by atoms with E-state index in [1.54, 1.807) is 28.9 Å². The van der Waals surface area contributed by atoms with Gasteiger partial charge in [0.25, 0.3) is 5.56 Å². The molecule has 1 N–H and O–H groups in total. The highest BCUT2D eigenvalue weighted by Crippen LogP contribution is 2.32. The van der Waals surface area contributed by atoms with Crippen LogP contribution in [0.1, 0.15) is 24.1 Å². The number of piperidine rings is 1. The van der Waals surface area contributed by atoms with Crippen LogP contribution in [-0.2, 0) is 0 Å². The number of hydrogen-bond acceptors (Lipinski definition) is 7. The van der Waals surface area contributed by atoms with E-state index in [0.29, 0.717) is 50.0 Å². The van der Waals surface area contributed by atoms with E-state index in [1.807, 2.05) is 19.9 Å². The molecule has 5 aromatic rings. The van der Waals surface area contributed by atoms with Gasteiger partial charge in [-0.25, -0.2) is 28.5 Å². The highest BCUT2D eigenvalue weighted by molar-refractivity contribution is 6.37. The number of aromatic nitrogens is 5. The highest BCUT2D eigenvalue weighted by Gasteiger charge is 2.24. The Labute approximate surface area is 246 Å². The SMILES string of the molecule is Cc1cn2c(n1)c1nc(Nc3cc(C)c(N4CCC(N(C)C)CC4)c(F)c3)ncc1c(=O)n2-c1c(Cl)cccc1Cl. The van der Waals surface area contributed by atoms with Crippen molar-refractivity contribution in [3.05, 3.63) is 80.2 Å². The summed E-state index contributed by atoms with van der Waals surface area (Å²) in [4.78, 5) is 31.7. The zero-order chi connectivity index (χ0) is 29.0. The minimum atomic E-state index is -0.407. The van der Waals surface area contributed by atoms with Crippen molar-refractivity contribution in [1.29, 1.82) is 0 Å². The molecule has 0 amide bonds. The van der Waals surface area contributed by atoms with Crippen LogP contribution in [0.4, 0.5) is 21.7 Å². The number of aryl methyl sites for hydroxylation is 2. The highest BCUT2D eigenvalue weighted by atomic mass is 35.5. The molecule has 2 aromatic carbocycles. The zero-order valence-electron chi connectivity index (χ0n) is 23.1. The third-order valence-corrected chi connectivity index (χ3v) is 8.23. The number of hydrogen-bond donors (Lipinski definition) is 1. The van der Waals surface area contributed by atoms with Gasteiger partial charge in [-0.05, 0) is 70.6 Å². The molecule has 0 bridgehead atoms. The summed E-state index contributed by atoms with van der Waals surface area (Å²) >= 11 is 12.9. The van der Waals surface area contributed by atoms with Crippen molar-refractivity contribution in [3.8, 4) is 5.69 Å². The zero-order valence-corrected chi connectivity index (χ0v) is 24.6. The molecule has 0 aliphatic carbocycles. The fourth-order valence-corrected chi connectivity index (χ4v) is 6.18. The predicted octanol–water partition coefficient (Wildman–Crippen LogP) is 5.77. The molecule has 6 rings (SSSR count). The van der Waals surface area contributed by atoms with Crippen LogP contribution in [0.25, 0.3) is 22.2 Å². The molecule has 3 aromatic heterocycles. The van der Waals surface area contributed by atoms with E-state index in [1.165, 1.54) is 16.9 Å². The molecular weight excluding hydrogens is 566 g/mol. The Balaban J connectivity index is 1.37. The lowest BCUT2D eigenvalue weighted by atomic mass is 10.0. The number of para-hydroxylation sites is 1. The lowest BCUT2D eigenvalue weighted by Gasteiger charge is -2.37. The predicted molar refractivity (Wildman–Crippen MR) is 162 cm³/mol. The molecule has 4 heterocycles. The second-order valence-electron chi connectivity index (χ2n) is 10.6. The molecule has 0 saturated carbocycles. The maximum atomic E-state index is 15.4. The van der Waals surface area contributed by atoms with Crippen LogP contribution < -0.4 is 15.8 Å². The number of halogens is 3. The molecule has 0 radical (unpaired) electrons. The maximum Gasteiger partial charge on any atom is 0.281 e. The second kappa shape index (κ2) is 10.6. The van der Waals surface area contributed by atoms with Crippen LogP contribution in [0.15, 0.2) is 47.5 Å². The molecule has 0 unspecified atom stereocenters. The van der Waals surface area contributed by atoms with Gasteiger partial charge in [0.05, 0.1) is 33.0 Å². The Morgan fingerprint density at radius 2 is 1.76 bits per heavy atom. The van der Waals surface area contributed by atoms with Crippen molar-refractivity contribution in [3.63, 3.8) is 0 Å². The fourth-order valence-electron chi connectivity index (χ4n) is 5.62. The van der Waals surface area contributed by atoms with Gasteiger partial charge in [-0.15, -0.1) is 0 Å². The van der Waals surface area contributed by atoms with Crippen molar-refractivity contribution in [1.82, 2.24) is 29.0 Å². The van der Waals surface area contributed by atoms with Crippen LogP contribution >= 0.6 is 23.2 Å². The molecular formula is C29H29Cl2FN8O. The molecule has 1 aliphatic rings. The molecule has 0 spiro atoms. The van der Waals surface area contributed by atoms with E-state index in [9.17, 15) is 4.79 Å². The first-order chi connectivity index (χ1) is 19.6. The average Bonchev–Trinajstić information content (AvgIpc) is 3.31. The third kappa shape index (κ3) is 4.90. The molecule has 41 heavy (non-hydrogen) atoms. The van der Waals surface area contributed by atoms with Crippen LogP contribution in [0.2, 0.25) is 10.0 Å². The standard InChI is InChI=1S/C29H29Cl2FN8O/c1-16-12-18(13-23(32)25(16)38-10-8-19(9-11-38)37(3)4)35-29-33-14-20-24(36-29)27-34-17(2)15-39(27)40(28(20)41)26-21(30)6-5-7-22(26)31/h5-7,12-15,19H,8-11H2,1-4H3,(H,33,35,36). The van der Waals surface area contributed by atoms with E-state index < -0.39 is 5.56 Å². The molecule has 212 valence electrons. The minimum Gasteiger partial charge on any atom is -0.369 e. The summed E-state index contributed by atoms with van der Waals surface area (Å²) in [7, 11) is 4.18. The van der Waals surface area contributed by atoms with Crippen LogP contribution in [0, 0.1) is 19.7 Å². The lowest BCUT2D eigenvalue weighted by Crippen LogP contribution is -2.42. The van der Waals surface area contributed by atoms with E-state index in [0.717, 1.165) is 31.5 Å². The van der Waals surface area contributed by atoms with E-state index >= 15 is 4.39 Å². The molecule has 1 saturated heterocycles. The number of nitrogens with one attached hydrogen (secondary N) is 1. The van der Waals surface area contributed by atoms with Gasteiger partial charge in [0.15, 0.2) is 5.65 Å². The second-order valence-corrected chi connectivity index (χ2v) is 11.4. The Morgan fingerprint density at radius 1 is 1.05 bits per heavy atom. The third-order valence-electron chi connectivity index (χ3n) is 7.62. The molecule has 1 aliphatic heterocycles. The number of imidazole rings is 1. The Hall–Kier alpha value is -3.73. The summed E-state index contributed by atoms with van der Waals surface area (Å²) in [5.41, 5.74) is 3.33. The van der Waals surface area contributed by atoms with Gasteiger partial charge in [0.2, 0.25) is 5.95 Å². The van der Waals surface area contributed by atoms with Gasteiger partial charge < -0.3 is 15.1 Å². The fraction of sp³-hybridized carbons (Fsp3) is 0.310. The minimum absolute atomic E-state index is 0.214. The van der Waals surface area contributed by atoms with Crippen molar-refractivity contribution in [2.24, 2.45) is 0 Å². The van der Waals surface area contributed by atoms with Crippen molar-refractivity contribution < 1.29 is 4.39 Å². The number of nitrogens with zero attached hydrogens (tertiary/aromatic N) is 7. The summed E-state index contributed by atoms with van der Waals surface area (Å²) in [6.07, 6.45) is 5.13. The summed E-state index contributed by atoms with van der Waals surface area (Å²) in [6.45, 7) is 5.33. The van der Waals surface area contributed by atoms with Gasteiger partial charge >= 0.3 is 0 Å². The average molecular weight is 596 g/mol. The van der Waals surface area contributed by atoms with Crippen molar-refractivity contribution in [2.45, 2.75) is 32.7 Å². The molecule has 0 atom stereocenters. The summed E-state index contributed by atoms with van der Waals surface area (Å²) in [6, 6.07) is 8.89. The van der Waals surface area contributed by atoms with Gasteiger partial charge in [0, 0.05) is 31.0 Å². The van der Waals surface area contributed by atoms with Gasteiger partial charge in [-0.2, -0.15) is 0 Å². The van der Waals surface area contributed by atoms with Crippen molar-refractivity contribution in [2.75, 3.05) is 37.4 Å². The van der Waals surface area contributed by atoms with Crippen LogP contribution in [0.3, 0.4) is 0 Å². The first-order valence-electron chi connectivity index (χ1n) is 13.3. The van der Waals surface area contributed by atoms with E-state index in [4.69, 9.17) is 23.2 Å². The van der Waals surface area contributed by atoms with E-state index in [-0.39, 0.29) is 17.2 Å². The van der Waals surface area contributed by atoms with Gasteiger partial charge in [-0.3, -0.25) is 4.79 Å². The Kier molecular flexibility index (Phi) is 7.09. The number of benzene rings is 2. The van der Waals surface area contributed by atoms with Gasteiger partial charge in [-0.1, -0.05) is 29.3 Å². The number of rotatable bonds is 5.